The zero-order chi connectivity index (χ0) is 38.0. The number of alkyl carbamates (subject to hydrolysis) is 1. The van der Waals surface area contributed by atoms with Gasteiger partial charge in [0, 0.05) is 26.5 Å². The Morgan fingerprint density at radius 3 is 2.65 bits per heavy atom. The minimum absolute atomic E-state index is 0.0330. The van der Waals surface area contributed by atoms with E-state index in [0.29, 0.717) is 23.6 Å². The number of methoxy groups -OCH3 is 2. The van der Waals surface area contributed by atoms with Crippen LogP contribution in [-0.2, 0) is 35.0 Å². The van der Waals surface area contributed by atoms with E-state index < -0.39 is 66.2 Å². The lowest BCUT2D eigenvalue weighted by Gasteiger charge is -2.42. The number of aliphatic hydroxyl groups is 1. The SMILES string of the molecule is C=C(C)c1cccc(OCC(=O)O[C@H]2CC(=O)N(C)c3cc(cc(OC)c3Cl)C/C(C)=C/C=C/[C@@H](OC)[C@@]3(O)C[C@H](OC(=O)N3)[C@@H](C)[C@@H]3O[C@@]23C)c1. The van der Waals surface area contributed by atoms with E-state index >= 15 is 0 Å². The van der Waals surface area contributed by atoms with Gasteiger partial charge in [0.1, 0.15) is 40.4 Å². The van der Waals surface area contributed by atoms with Crippen LogP contribution < -0.4 is 19.7 Å². The molecule has 2 aromatic carbocycles. The maximum Gasteiger partial charge on any atom is 0.409 e. The van der Waals surface area contributed by atoms with Crippen LogP contribution in [0.5, 0.6) is 11.5 Å². The number of fused-ring (bicyclic) bond motifs is 5. The topological polar surface area (TPSA) is 145 Å². The number of nitrogens with zero attached hydrogens (tertiary/aromatic N) is 1. The van der Waals surface area contributed by atoms with Crippen LogP contribution in [0.4, 0.5) is 10.5 Å². The van der Waals surface area contributed by atoms with Gasteiger partial charge in [-0.1, -0.05) is 66.6 Å². The molecule has 2 aromatic rings. The van der Waals surface area contributed by atoms with Crippen LogP contribution >= 0.6 is 11.6 Å². The molecule has 4 bridgehead atoms. The van der Waals surface area contributed by atoms with Crippen molar-refractivity contribution in [3.8, 4) is 11.5 Å². The van der Waals surface area contributed by atoms with Crippen molar-refractivity contribution < 1.29 is 47.9 Å². The van der Waals surface area contributed by atoms with Gasteiger partial charge in [-0.25, -0.2) is 9.59 Å². The molecule has 2 saturated heterocycles. The quantitative estimate of drug-likeness (QED) is 0.265. The molecule has 3 heterocycles. The third kappa shape index (κ3) is 8.47. The summed E-state index contributed by atoms with van der Waals surface area (Å²) in [5.41, 5.74) is 0.885. The third-order valence-corrected chi connectivity index (χ3v) is 10.3. The highest BCUT2D eigenvalue weighted by Crippen LogP contribution is 2.49. The molecule has 0 radical (unpaired) electrons. The van der Waals surface area contributed by atoms with Gasteiger partial charge < -0.3 is 38.4 Å². The second kappa shape index (κ2) is 15.7. The molecule has 12 nitrogen and oxygen atoms in total. The lowest BCUT2D eigenvalue weighted by molar-refractivity contribution is -0.156. The molecule has 52 heavy (non-hydrogen) atoms. The number of epoxide rings is 1. The van der Waals surface area contributed by atoms with E-state index in [9.17, 15) is 19.5 Å². The van der Waals surface area contributed by atoms with Crippen molar-refractivity contribution in [2.45, 2.75) is 82.7 Å². The first kappa shape index (κ1) is 38.9. The highest BCUT2D eigenvalue weighted by Gasteiger charge is 2.64. The number of halogens is 1. The summed E-state index contributed by atoms with van der Waals surface area (Å²) in [5.74, 6) is -0.791. The number of rotatable bonds is 7. The third-order valence-electron chi connectivity index (χ3n) is 9.91. The summed E-state index contributed by atoms with van der Waals surface area (Å²) >= 11 is 6.75. The maximum absolute atomic E-state index is 14.1. The van der Waals surface area contributed by atoms with Crippen molar-refractivity contribution in [3.63, 3.8) is 0 Å². The Labute approximate surface area is 309 Å². The summed E-state index contributed by atoms with van der Waals surface area (Å²) in [6.07, 6.45) is 1.16. The lowest BCUT2D eigenvalue weighted by atomic mass is 9.83. The summed E-state index contributed by atoms with van der Waals surface area (Å²) in [4.78, 5) is 41.6. The zero-order valence-corrected chi connectivity index (χ0v) is 31.3. The summed E-state index contributed by atoms with van der Waals surface area (Å²) in [6, 6.07) is 10.8. The predicted molar refractivity (Wildman–Crippen MR) is 195 cm³/mol. The van der Waals surface area contributed by atoms with E-state index in [2.05, 4.69) is 11.9 Å². The van der Waals surface area contributed by atoms with Crippen LogP contribution in [0.2, 0.25) is 5.02 Å². The van der Waals surface area contributed by atoms with Crippen LogP contribution in [0, 0.1) is 5.92 Å². The number of anilines is 1. The number of hydrogen-bond donors (Lipinski definition) is 2. The molecule has 2 fully saturated rings. The Kier molecular flexibility index (Phi) is 11.7. The average Bonchev–Trinajstić information content (AvgIpc) is 3.80. The highest BCUT2D eigenvalue weighted by molar-refractivity contribution is 6.35. The van der Waals surface area contributed by atoms with Crippen molar-refractivity contribution >= 4 is 40.8 Å². The van der Waals surface area contributed by atoms with E-state index in [1.807, 2.05) is 39.0 Å². The van der Waals surface area contributed by atoms with E-state index in [4.69, 9.17) is 40.0 Å². The molecule has 7 atom stereocenters. The molecule has 2 amide bonds. The van der Waals surface area contributed by atoms with E-state index in [0.717, 1.165) is 22.3 Å². The van der Waals surface area contributed by atoms with Crippen LogP contribution in [0.25, 0.3) is 5.57 Å². The standard InChI is InChI=1S/C39H47ClN2O10/c1-22(2)26-12-10-13-27(18-26)49-21-34(44)51-32-19-33(43)42(6)28-16-25(17-29(47-7)35(28)40)15-23(3)11-9-14-31(48-8)39(46)20-30(50-37(45)41-39)24(4)36-38(32,5)52-36/h9-14,16-18,24,30-32,36,46H,1,15,19-21H2,2-8H3,(H,41,45)/b14-9+,23-11+/t24-,30+,31-,32+,36+,38+,39+/m1/s1. The molecule has 3 aliphatic heterocycles. The number of benzene rings is 2. The van der Waals surface area contributed by atoms with Gasteiger partial charge in [0.05, 0.1) is 25.3 Å². The zero-order valence-electron chi connectivity index (χ0n) is 30.6. The Bertz CT molecular complexity index is 1780. The minimum Gasteiger partial charge on any atom is -0.495 e. The average molecular weight is 739 g/mol. The van der Waals surface area contributed by atoms with Gasteiger partial charge in [-0.3, -0.25) is 10.1 Å². The van der Waals surface area contributed by atoms with Gasteiger partial charge >= 0.3 is 12.1 Å². The normalized spacial score (nSPS) is 30.8. The minimum atomic E-state index is -1.81. The molecule has 5 rings (SSSR count). The Balaban J connectivity index is 1.50. The predicted octanol–water partition coefficient (Wildman–Crippen LogP) is 5.78. The molecule has 0 aromatic heterocycles. The number of hydrogen-bond acceptors (Lipinski definition) is 10. The van der Waals surface area contributed by atoms with Gasteiger partial charge in [-0.2, -0.15) is 0 Å². The summed E-state index contributed by atoms with van der Waals surface area (Å²) in [5, 5.41) is 14.5. The van der Waals surface area contributed by atoms with Gasteiger partial charge in [-0.15, -0.1) is 0 Å². The molecule has 0 saturated carbocycles. The van der Waals surface area contributed by atoms with Crippen molar-refractivity contribution in [1.29, 1.82) is 0 Å². The first-order valence-corrected chi connectivity index (χ1v) is 17.4. The largest absolute Gasteiger partial charge is 0.495 e. The molecule has 0 unspecified atom stereocenters. The number of carbonyl (C=O) groups is 3. The Morgan fingerprint density at radius 1 is 1.21 bits per heavy atom. The number of nitrogens with one attached hydrogen (secondary N) is 1. The molecular weight excluding hydrogens is 692 g/mol. The fraction of sp³-hybridized carbons (Fsp3) is 0.462. The summed E-state index contributed by atoms with van der Waals surface area (Å²) < 4.78 is 34.8. The number of ether oxygens (including phenoxy) is 6. The molecule has 0 aliphatic carbocycles. The van der Waals surface area contributed by atoms with Gasteiger partial charge in [-0.05, 0) is 62.6 Å². The number of esters is 1. The van der Waals surface area contributed by atoms with Crippen molar-refractivity contribution in [1.82, 2.24) is 5.32 Å². The van der Waals surface area contributed by atoms with E-state index in [-0.39, 0.29) is 17.9 Å². The Hall–Kier alpha value is -4.36. The maximum atomic E-state index is 14.1. The second-order valence-corrected chi connectivity index (χ2v) is 14.3. The van der Waals surface area contributed by atoms with Crippen LogP contribution in [0.1, 0.15) is 51.7 Å². The van der Waals surface area contributed by atoms with Gasteiger partial charge in [0.25, 0.3) is 0 Å². The van der Waals surface area contributed by atoms with Crippen LogP contribution in [-0.4, -0.2) is 86.7 Å². The monoisotopic (exact) mass is 738 g/mol. The van der Waals surface area contributed by atoms with E-state index in [1.54, 1.807) is 50.4 Å². The summed E-state index contributed by atoms with van der Waals surface area (Å²) in [7, 11) is 4.53. The number of amides is 2. The van der Waals surface area contributed by atoms with Crippen molar-refractivity contribution in [3.05, 3.63) is 82.9 Å². The van der Waals surface area contributed by atoms with Crippen molar-refractivity contribution in [2.24, 2.45) is 5.92 Å². The lowest BCUT2D eigenvalue weighted by Crippen LogP contribution is -2.63. The summed E-state index contributed by atoms with van der Waals surface area (Å²) in [6.45, 7) is 10.9. The number of allylic oxidation sites excluding steroid dienone is 4. The van der Waals surface area contributed by atoms with Crippen molar-refractivity contribution in [2.75, 3.05) is 32.8 Å². The number of carbonyl (C=O) groups excluding carboxylic acids is 3. The smallest absolute Gasteiger partial charge is 0.409 e. The first-order valence-electron chi connectivity index (χ1n) is 17.1. The van der Waals surface area contributed by atoms with Gasteiger partial charge in [0.15, 0.2) is 12.3 Å². The first-order chi connectivity index (χ1) is 24.6. The molecule has 3 aliphatic rings. The van der Waals surface area contributed by atoms with Crippen LogP contribution in [0.3, 0.4) is 0 Å². The Morgan fingerprint density at radius 2 is 1.96 bits per heavy atom. The fourth-order valence-corrected chi connectivity index (χ4v) is 7.10. The molecule has 0 spiro atoms. The molecule has 13 heteroatoms. The van der Waals surface area contributed by atoms with Crippen LogP contribution in [0.15, 0.2) is 66.8 Å². The second-order valence-electron chi connectivity index (χ2n) is 13.9. The highest BCUT2D eigenvalue weighted by atomic mass is 35.5. The molecule has 280 valence electrons. The fourth-order valence-electron chi connectivity index (χ4n) is 6.79. The van der Waals surface area contributed by atoms with Gasteiger partial charge in [0.2, 0.25) is 5.91 Å². The van der Waals surface area contributed by atoms with E-state index in [1.165, 1.54) is 19.1 Å². The molecule has 2 N–H and O–H groups in total. The molecular formula is C39H47ClN2O10.